The van der Waals surface area contributed by atoms with Crippen LogP contribution in [-0.4, -0.2) is 15.0 Å². The van der Waals surface area contributed by atoms with Crippen molar-refractivity contribution in [3.8, 4) is 67.5 Å². The smallest absolute Gasteiger partial charge is 0.164 e. The van der Waals surface area contributed by atoms with E-state index in [9.17, 15) is 0 Å². The second kappa shape index (κ2) is 14.5. The zero-order chi connectivity index (χ0) is 42.1. The Balaban J connectivity index is 0.981. The molecule has 1 heterocycles. The first-order chi connectivity index (χ1) is 31.7. The molecule has 13 rings (SSSR count). The molecule has 0 aliphatic heterocycles. The maximum absolute atomic E-state index is 5.16. The van der Waals surface area contributed by atoms with Crippen LogP contribution in [0.3, 0.4) is 0 Å². The first-order valence-corrected chi connectivity index (χ1v) is 21.8. The second-order valence-corrected chi connectivity index (χ2v) is 16.7. The molecule has 0 bridgehead atoms. The minimum absolute atomic E-state index is 0.629. The molecule has 296 valence electrons. The van der Waals surface area contributed by atoms with E-state index in [-0.39, 0.29) is 0 Å². The van der Waals surface area contributed by atoms with Crippen molar-refractivity contribution < 1.29 is 0 Å². The van der Waals surface area contributed by atoms with Crippen molar-refractivity contribution in [2.45, 2.75) is 0 Å². The predicted octanol–water partition coefficient (Wildman–Crippen LogP) is 16.2. The molecule has 0 spiro atoms. The average molecular weight is 812 g/mol. The van der Waals surface area contributed by atoms with Crippen molar-refractivity contribution in [2.75, 3.05) is 0 Å². The molecule has 12 aromatic carbocycles. The van der Waals surface area contributed by atoms with Crippen LogP contribution >= 0.6 is 0 Å². The van der Waals surface area contributed by atoms with Gasteiger partial charge in [0.2, 0.25) is 0 Å². The lowest BCUT2D eigenvalue weighted by molar-refractivity contribution is 1.07. The van der Waals surface area contributed by atoms with Crippen LogP contribution in [0.5, 0.6) is 0 Å². The Bertz CT molecular complexity index is 3930. The Morgan fingerprint density at radius 2 is 0.578 bits per heavy atom. The minimum Gasteiger partial charge on any atom is -0.208 e. The normalized spacial score (nSPS) is 11.8. The van der Waals surface area contributed by atoms with Gasteiger partial charge in [0.25, 0.3) is 0 Å². The van der Waals surface area contributed by atoms with E-state index in [2.05, 4.69) is 194 Å². The number of benzene rings is 11. The molecule has 3 nitrogen and oxygen atoms in total. The van der Waals surface area contributed by atoms with Gasteiger partial charge in [-0.25, -0.2) is 15.0 Å². The SMILES string of the molecule is c1ccc(-c2nc(-c3ccc(-c4ccccc4-c4cc5ccc6cccc7c8cccc9ccc%10cccc(c(c4)c5c67)c%10c98)cc3)nc(-c3ccccc3-c3ccccc3)n2)cc1. The largest absolute Gasteiger partial charge is 0.208 e. The van der Waals surface area contributed by atoms with Gasteiger partial charge in [-0.05, 0) is 110 Å². The van der Waals surface area contributed by atoms with E-state index in [4.69, 9.17) is 15.0 Å². The fraction of sp³-hybridized carbons (Fsp3) is 0. The molecule has 0 radical (unpaired) electrons. The standard InChI is InChI=1S/C61H37N3/c1-3-14-38(15-4-1)48-22-9-10-24-53(48)61-63-59(43-16-5-2-6-17-43)62-60(64-61)44-33-28-39(29-34-44)47-21-7-8-23-49(47)46-36-45-35-32-42-19-12-26-51-50-25-11-18-40-30-31-41-20-13-27-52(57(41)55(40)50)54(37-46)58(45)56(42)51/h1-37H. The molecular weight excluding hydrogens is 775 g/mol. The predicted molar refractivity (Wildman–Crippen MR) is 269 cm³/mol. The van der Waals surface area contributed by atoms with Crippen LogP contribution in [0.4, 0.5) is 0 Å². The summed E-state index contributed by atoms with van der Waals surface area (Å²) < 4.78 is 0. The van der Waals surface area contributed by atoms with Gasteiger partial charge in [0, 0.05) is 16.7 Å². The number of hydrogen-bond acceptors (Lipinski definition) is 3. The molecule has 0 amide bonds. The quantitative estimate of drug-likeness (QED) is 0.157. The lowest BCUT2D eigenvalue weighted by Crippen LogP contribution is -2.01. The van der Waals surface area contributed by atoms with Crippen LogP contribution < -0.4 is 0 Å². The summed E-state index contributed by atoms with van der Waals surface area (Å²) in [4.78, 5) is 15.3. The van der Waals surface area contributed by atoms with Crippen molar-refractivity contribution in [3.63, 3.8) is 0 Å². The number of nitrogens with zero attached hydrogens (tertiary/aromatic N) is 3. The van der Waals surface area contributed by atoms with Crippen molar-refractivity contribution in [3.05, 3.63) is 224 Å². The molecule has 0 unspecified atom stereocenters. The van der Waals surface area contributed by atoms with Gasteiger partial charge in [0.05, 0.1) is 0 Å². The van der Waals surface area contributed by atoms with E-state index in [1.807, 2.05) is 30.3 Å². The summed E-state index contributed by atoms with van der Waals surface area (Å²) >= 11 is 0. The zero-order valence-electron chi connectivity index (χ0n) is 34.7. The Morgan fingerprint density at radius 3 is 1.14 bits per heavy atom. The summed E-state index contributed by atoms with van der Waals surface area (Å²) in [5, 5.41) is 15.3. The van der Waals surface area contributed by atoms with Gasteiger partial charge in [-0.15, -0.1) is 0 Å². The van der Waals surface area contributed by atoms with Crippen LogP contribution in [0.2, 0.25) is 0 Å². The molecule has 0 atom stereocenters. The van der Waals surface area contributed by atoms with Crippen LogP contribution in [-0.2, 0) is 0 Å². The van der Waals surface area contributed by atoms with Crippen molar-refractivity contribution in [2.24, 2.45) is 0 Å². The van der Waals surface area contributed by atoms with E-state index < -0.39 is 0 Å². The molecule has 0 N–H and O–H groups in total. The van der Waals surface area contributed by atoms with Crippen molar-refractivity contribution >= 4 is 64.6 Å². The summed E-state index contributed by atoms with van der Waals surface area (Å²) in [7, 11) is 0. The Morgan fingerprint density at radius 1 is 0.203 bits per heavy atom. The summed E-state index contributed by atoms with van der Waals surface area (Å²) in [6.07, 6.45) is 0. The van der Waals surface area contributed by atoms with E-state index in [1.54, 1.807) is 0 Å². The molecule has 13 aromatic rings. The third kappa shape index (κ3) is 5.79. The molecular formula is C61H37N3. The Labute approximate surface area is 370 Å². The fourth-order valence-corrected chi connectivity index (χ4v) is 10.1. The van der Waals surface area contributed by atoms with Gasteiger partial charge in [0.1, 0.15) is 0 Å². The fourth-order valence-electron chi connectivity index (χ4n) is 10.1. The van der Waals surface area contributed by atoms with E-state index in [0.29, 0.717) is 17.5 Å². The van der Waals surface area contributed by atoms with Gasteiger partial charge in [-0.2, -0.15) is 0 Å². The molecule has 3 heteroatoms. The van der Waals surface area contributed by atoms with Crippen LogP contribution in [0.25, 0.3) is 132 Å². The highest BCUT2D eigenvalue weighted by atomic mass is 15.0. The Hall–Kier alpha value is -8.53. The highest BCUT2D eigenvalue weighted by Gasteiger charge is 2.19. The maximum Gasteiger partial charge on any atom is 0.164 e. The molecule has 64 heavy (non-hydrogen) atoms. The van der Waals surface area contributed by atoms with E-state index >= 15 is 0 Å². The first-order valence-electron chi connectivity index (χ1n) is 21.8. The van der Waals surface area contributed by atoms with Crippen LogP contribution in [0.15, 0.2) is 224 Å². The Kier molecular flexibility index (Phi) is 8.22. The van der Waals surface area contributed by atoms with Crippen LogP contribution in [0, 0.1) is 0 Å². The number of rotatable bonds is 6. The van der Waals surface area contributed by atoms with Crippen molar-refractivity contribution in [1.82, 2.24) is 15.0 Å². The number of fused-ring (bicyclic) bond motifs is 2. The average Bonchev–Trinajstić information content (AvgIpc) is 3.37. The lowest BCUT2D eigenvalue weighted by atomic mass is 9.85. The molecule has 0 aliphatic rings. The first kappa shape index (κ1) is 36.2. The lowest BCUT2D eigenvalue weighted by Gasteiger charge is -2.18. The topological polar surface area (TPSA) is 38.7 Å². The summed E-state index contributed by atoms with van der Waals surface area (Å²) in [5.74, 6) is 1.91. The molecule has 0 saturated heterocycles. The third-order valence-corrected chi connectivity index (χ3v) is 13.0. The second-order valence-electron chi connectivity index (χ2n) is 16.7. The third-order valence-electron chi connectivity index (χ3n) is 13.0. The molecule has 0 aliphatic carbocycles. The maximum atomic E-state index is 5.16. The van der Waals surface area contributed by atoms with Crippen LogP contribution in [0.1, 0.15) is 0 Å². The van der Waals surface area contributed by atoms with Gasteiger partial charge >= 0.3 is 0 Å². The highest BCUT2D eigenvalue weighted by Crippen LogP contribution is 2.45. The number of hydrogen-bond donors (Lipinski definition) is 0. The minimum atomic E-state index is 0.629. The highest BCUT2D eigenvalue weighted by molar-refractivity contribution is 6.37. The van der Waals surface area contributed by atoms with Gasteiger partial charge < -0.3 is 0 Å². The summed E-state index contributed by atoms with van der Waals surface area (Å²) in [5.41, 5.74) is 9.67. The summed E-state index contributed by atoms with van der Waals surface area (Å²) in [6, 6.07) is 80.8. The van der Waals surface area contributed by atoms with Gasteiger partial charge in [-0.1, -0.05) is 212 Å². The van der Waals surface area contributed by atoms with E-state index in [0.717, 1.165) is 38.9 Å². The van der Waals surface area contributed by atoms with Gasteiger partial charge in [0.15, 0.2) is 17.5 Å². The van der Waals surface area contributed by atoms with Gasteiger partial charge in [-0.3, -0.25) is 0 Å². The molecule has 0 saturated carbocycles. The molecule has 1 aromatic heterocycles. The number of aromatic nitrogens is 3. The zero-order valence-corrected chi connectivity index (χ0v) is 34.7. The van der Waals surface area contributed by atoms with E-state index in [1.165, 1.54) is 75.8 Å². The van der Waals surface area contributed by atoms with Crippen molar-refractivity contribution in [1.29, 1.82) is 0 Å². The monoisotopic (exact) mass is 811 g/mol. The summed E-state index contributed by atoms with van der Waals surface area (Å²) in [6.45, 7) is 0. The molecule has 0 fully saturated rings.